The van der Waals surface area contributed by atoms with E-state index in [1.54, 1.807) is 6.92 Å². The summed E-state index contributed by atoms with van der Waals surface area (Å²) in [7, 11) is 0. The molecule has 1 aromatic carbocycles. The molecule has 94 valence electrons. The van der Waals surface area contributed by atoms with Crippen LogP contribution in [0.5, 0.6) is 0 Å². The number of carbonyl (C=O) groups is 1. The maximum atomic E-state index is 11.4. The van der Waals surface area contributed by atoms with E-state index >= 15 is 0 Å². The summed E-state index contributed by atoms with van der Waals surface area (Å²) in [6.07, 6.45) is 4.18. The van der Waals surface area contributed by atoms with Gasteiger partial charge in [-0.15, -0.1) is 0 Å². The number of benzene rings is 1. The fourth-order valence-electron chi connectivity index (χ4n) is 2.26. The van der Waals surface area contributed by atoms with Gasteiger partial charge in [0.15, 0.2) is 5.78 Å². The molecule has 2 nitrogen and oxygen atoms in total. The Morgan fingerprint density at radius 2 is 1.89 bits per heavy atom. The lowest BCUT2D eigenvalue weighted by molar-refractivity contribution is 0.101. The van der Waals surface area contributed by atoms with Crippen LogP contribution in [0.25, 0.3) is 0 Å². The number of carbonyl (C=O) groups excluding carboxylic acids is 1. The highest BCUT2D eigenvalue weighted by Gasteiger charge is 2.07. The number of aryl methyl sites for hydroxylation is 2. The van der Waals surface area contributed by atoms with Crippen LogP contribution < -0.4 is 0 Å². The number of hydrogen-bond acceptors (Lipinski definition) is 1. The molecular weight excluding hydrogens is 222 g/mol. The molecule has 0 fully saturated rings. The van der Waals surface area contributed by atoms with Gasteiger partial charge in [-0.05, 0) is 38.3 Å². The van der Waals surface area contributed by atoms with Crippen LogP contribution in [-0.2, 0) is 13.0 Å². The molecule has 0 saturated carbocycles. The minimum absolute atomic E-state index is 0.148. The standard InChI is InChI=1S/C16H19NO/c1-13-16(14(2)18)10-12-17(13)11-6-9-15-7-4-3-5-8-15/h3-5,7-8,10,12H,6,9,11H2,1-2H3. The highest BCUT2D eigenvalue weighted by Crippen LogP contribution is 2.12. The molecule has 0 saturated heterocycles. The Hall–Kier alpha value is -1.83. The molecule has 0 N–H and O–H groups in total. The van der Waals surface area contributed by atoms with Crippen LogP contribution in [0.3, 0.4) is 0 Å². The average molecular weight is 241 g/mol. The van der Waals surface area contributed by atoms with E-state index in [4.69, 9.17) is 0 Å². The molecule has 0 aliphatic rings. The molecule has 0 unspecified atom stereocenters. The third-order valence-corrected chi connectivity index (χ3v) is 3.33. The molecule has 2 heteroatoms. The van der Waals surface area contributed by atoms with E-state index in [-0.39, 0.29) is 5.78 Å². The van der Waals surface area contributed by atoms with Gasteiger partial charge in [0, 0.05) is 24.0 Å². The second-order valence-electron chi connectivity index (χ2n) is 4.65. The Morgan fingerprint density at radius 1 is 1.17 bits per heavy atom. The summed E-state index contributed by atoms with van der Waals surface area (Å²) in [5.41, 5.74) is 3.29. The van der Waals surface area contributed by atoms with Crippen molar-refractivity contribution in [3.63, 3.8) is 0 Å². The number of hydrogen-bond donors (Lipinski definition) is 0. The van der Waals surface area contributed by atoms with Crippen LogP contribution in [0.2, 0.25) is 0 Å². The number of Topliss-reactive ketones (excluding diaryl/α,β-unsaturated/α-hetero) is 1. The lowest BCUT2D eigenvalue weighted by Gasteiger charge is -2.07. The quantitative estimate of drug-likeness (QED) is 0.733. The summed E-state index contributed by atoms with van der Waals surface area (Å²) in [5, 5.41) is 0. The van der Waals surface area contributed by atoms with E-state index in [9.17, 15) is 4.79 Å². The van der Waals surface area contributed by atoms with Crippen LogP contribution in [0, 0.1) is 6.92 Å². The monoisotopic (exact) mass is 241 g/mol. The van der Waals surface area contributed by atoms with Gasteiger partial charge in [-0.2, -0.15) is 0 Å². The Labute approximate surface area is 108 Å². The molecule has 0 bridgehead atoms. The van der Waals surface area contributed by atoms with Gasteiger partial charge in [-0.25, -0.2) is 0 Å². The molecule has 0 atom stereocenters. The Morgan fingerprint density at radius 3 is 2.50 bits per heavy atom. The first-order chi connectivity index (χ1) is 8.68. The Balaban J connectivity index is 1.93. The number of ketones is 1. The van der Waals surface area contributed by atoms with Crippen LogP contribution in [0.1, 0.15) is 35.0 Å². The predicted molar refractivity (Wildman–Crippen MR) is 73.9 cm³/mol. The largest absolute Gasteiger partial charge is 0.351 e. The number of aromatic nitrogens is 1. The van der Waals surface area contributed by atoms with Gasteiger partial charge in [0.2, 0.25) is 0 Å². The second kappa shape index (κ2) is 5.67. The highest BCUT2D eigenvalue weighted by atomic mass is 16.1. The van der Waals surface area contributed by atoms with Gasteiger partial charge in [-0.1, -0.05) is 30.3 Å². The Bertz CT molecular complexity index is 525. The summed E-state index contributed by atoms with van der Waals surface area (Å²) in [6.45, 7) is 4.60. The smallest absolute Gasteiger partial charge is 0.161 e. The molecule has 0 aliphatic heterocycles. The molecule has 2 aromatic rings. The summed E-state index contributed by atoms with van der Waals surface area (Å²) in [4.78, 5) is 11.4. The maximum absolute atomic E-state index is 11.4. The van der Waals surface area contributed by atoms with E-state index in [0.717, 1.165) is 30.6 Å². The lowest BCUT2D eigenvalue weighted by Crippen LogP contribution is -2.02. The van der Waals surface area contributed by atoms with E-state index in [1.165, 1.54) is 5.56 Å². The van der Waals surface area contributed by atoms with Crippen LogP contribution in [0.15, 0.2) is 42.6 Å². The van der Waals surface area contributed by atoms with Gasteiger partial charge in [0.25, 0.3) is 0 Å². The van der Waals surface area contributed by atoms with E-state index < -0.39 is 0 Å². The van der Waals surface area contributed by atoms with Gasteiger partial charge in [0.05, 0.1) is 0 Å². The summed E-state index contributed by atoms with van der Waals surface area (Å²) < 4.78 is 2.17. The molecule has 0 radical (unpaired) electrons. The van der Waals surface area contributed by atoms with Crippen molar-refractivity contribution in [2.45, 2.75) is 33.2 Å². The molecular formula is C16H19NO. The minimum atomic E-state index is 0.148. The van der Waals surface area contributed by atoms with Gasteiger partial charge >= 0.3 is 0 Å². The maximum Gasteiger partial charge on any atom is 0.161 e. The Kier molecular flexibility index (Phi) is 3.98. The molecule has 0 amide bonds. The predicted octanol–water partition coefficient (Wildman–Crippen LogP) is 3.63. The molecule has 18 heavy (non-hydrogen) atoms. The molecule has 1 aromatic heterocycles. The van der Waals surface area contributed by atoms with Crippen molar-refractivity contribution in [1.29, 1.82) is 0 Å². The lowest BCUT2D eigenvalue weighted by atomic mass is 10.1. The highest BCUT2D eigenvalue weighted by molar-refractivity contribution is 5.95. The van der Waals surface area contributed by atoms with Crippen molar-refractivity contribution in [3.8, 4) is 0 Å². The fraction of sp³-hybridized carbons (Fsp3) is 0.312. The summed E-state index contributed by atoms with van der Waals surface area (Å²) in [5.74, 6) is 0.148. The average Bonchev–Trinajstić information content (AvgIpc) is 2.73. The zero-order chi connectivity index (χ0) is 13.0. The SMILES string of the molecule is CC(=O)c1ccn(CCCc2ccccc2)c1C. The molecule has 0 aliphatic carbocycles. The first-order valence-electron chi connectivity index (χ1n) is 6.39. The number of nitrogens with zero attached hydrogens (tertiary/aromatic N) is 1. The fourth-order valence-corrected chi connectivity index (χ4v) is 2.26. The molecule has 1 heterocycles. The molecule has 0 spiro atoms. The van der Waals surface area contributed by atoms with Crippen molar-refractivity contribution >= 4 is 5.78 Å². The van der Waals surface area contributed by atoms with Crippen LogP contribution in [0.4, 0.5) is 0 Å². The summed E-state index contributed by atoms with van der Waals surface area (Å²) in [6, 6.07) is 12.4. The van der Waals surface area contributed by atoms with Crippen LogP contribution >= 0.6 is 0 Å². The topological polar surface area (TPSA) is 22.0 Å². The van der Waals surface area contributed by atoms with E-state index in [2.05, 4.69) is 28.8 Å². The van der Waals surface area contributed by atoms with Gasteiger partial charge in [-0.3, -0.25) is 4.79 Å². The van der Waals surface area contributed by atoms with Crippen molar-refractivity contribution in [2.24, 2.45) is 0 Å². The van der Waals surface area contributed by atoms with E-state index in [0.29, 0.717) is 0 Å². The zero-order valence-corrected chi connectivity index (χ0v) is 11.0. The van der Waals surface area contributed by atoms with Crippen LogP contribution in [-0.4, -0.2) is 10.4 Å². The van der Waals surface area contributed by atoms with Crippen molar-refractivity contribution in [1.82, 2.24) is 4.57 Å². The zero-order valence-electron chi connectivity index (χ0n) is 11.0. The minimum Gasteiger partial charge on any atom is -0.351 e. The van der Waals surface area contributed by atoms with Gasteiger partial charge in [0.1, 0.15) is 0 Å². The van der Waals surface area contributed by atoms with Crippen molar-refractivity contribution in [2.75, 3.05) is 0 Å². The van der Waals surface area contributed by atoms with Crippen molar-refractivity contribution in [3.05, 3.63) is 59.4 Å². The number of rotatable bonds is 5. The first-order valence-corrected chi connectivity index (χ1v) is 6.39. The van der Waals surface area contributed by atoms with Crippen molar-refractivity contribution < 1.29 is 4.79 Å². The van der Waals surface area contributed by atoms with Gasteiger partial charge < -0.3 is 4.57 Å². The summed E-state index contributed by atoms with van der Waals surface area (Å²) >= 11 is 0. The second-order valence-corrected chi connectivity index (χ2v) is 4.65. The third-order valence-electron chi connectivity index (χ3n) is 3.33. The van der Waals surface area contributed by atoms with E-state index in [1.807, 2.05) is 25.3 Å². The molecule has 2 rings (SSSR count). The normalized spacial score (nSPS) is 10.6. The third kappa shape index (κ3) is 2.89. The first kappa shape index (κ1) is 12.6.